The summed E-state index contributed by atoms with van der Waals surface area (Å²) >= 11 is -4.15. The van der Waals surface area contributed by atoms with Gasteiger partial charge in [-0.15, -0.1) is 0 Å². The molecule has 8 heteroatoms. The van der Waals surface area contributed by atoms with E-state index in [1.807, 2.05) is 27.7 Å². The van der Waals surface area contributed by atoms with Crippen LogP contribution in [0.4, 0.5) is 0 Å². The highest BCUT2D eigenvalue weighted by atomic mass is 32.2. The van der Waals surface area contributed by atoms with E-state index in [-0.39, 0.29) is 7.43 Å². The van der Waals surface area contributed by atoms with Crippen LogP contribution in [-0.2, 0) is 31.1 Å². The first-order chi connectivity index (χ1) is 67.8. The van der Waals surface area contributed by atoms with Crippen molar-refractivity contribution in [3.63, 3.8) is 0 Å². The lowest BCUT2D eigenvalue weighted by atomic mass is 9.81. The molecular formula is C131H120O6S2. The zero-order valence-electron chi connectivity index (χ0n) is 79.8. The van der Waals surface area contributed by atoms with Gasteiger partial charge in [0.1, 0.15) is 0 Å². The first-order valence-electron chi connectivity index (χ1n) is 46.7. The van der Waals surface area contributed by atoms with Crippen molar-refractivity contribution in [2.45, 2.75) is 62.8 Å². The third kappa shape index (κ3) is 27.1. The third-order valence-electron chi connectivity index (χ3n) is 23.4. The lowest BCUT2D eigenvalue weighted by Gasteiger charge is -2.22. The quantitative estimate of drug-likeness (QED) is 0.0832. The number of benzene rings is 20. The summed E-state index contributed by atoms with van der Waals surface area (Å²) in [4.78, 5) is 0. The fourth-order valence-corrected chi connectivity index (χ4v) is 17.0. The molecule has 0 saturated heterocycles. The Hall–Kier alpha value is -15.5. The minimum absolute atomic E-state index is 0. The van der Waals surface area contributed by atoms with Crippen LogP contribution in [0.2, 0.25) is 0 Å². The van der Waals surface area contributed by atoms with Crippen LogP contribution in [0.5, 0.6) is 0 Å². The molecule has 20 aromatic rings. The van der Waals surface area contributed by atoms with Gasteiger partial charge in [-0.3, -0.25) is 17.5 Å². The van der Waals surface area contributed by atoms with Crippen molar-refractivity contribution >= 4 is 22.7 Å². The van der Waals surface area contributed by atoms with Gasteiger partial charge in [-0.25, -0.2) is 0 Å². The third-order valence-corrected chi connectivity index (χ3v) is 24.0. The predicted octanol–water partition coefficient (Wildman–Crippen LogP) is 36.9. The molecule has 0 aliphatic carbocycles. The molecule has 0 radical (unpaired) electrons. The van der Waals surface area contributed by atoms with E-state index in [4.69, 9.17) is 9.11 Å². The highest BCUT2D eigenvalue weighted by molar-refractivity contribution is 7.74. The summed E-state index contributed by atoms with van der Waals surface area (Å²) in [6.07, 6.45) is 0. The lowest BCUT2D eigenvalue weighted by Crippen LogP contribution is -1.96. The van der Waals surface area contributed by atoms with Gasteiger partial charge in [0.15, 0.2) is 0 Å². The molecule has 0 aliphatic heterocycles. The molecule has 0 amide bonds. The standard InChI is InChI=1S/2C54H38.2C8H10.2C2H6.2CH4O3S.CH4/c2*1-7-19-39(20-8-1)47-35-37-49(41-23-11-3-12-24-41)53(51(47)43-27-15-5-16-28-43)45-31-33-46(34-32-45)54-50(42-25-13-4-14-26-42)38-36-48(40-21-9-2-10-22-40)52(54)44-29-17-6-18-30-44;2*1-7-3-5-8(2)6-4-7;2*1-2;2*1-4-5(2)3;/h2*1-38H;2*3-6H,1-2H3;2*1-2H3;2*1H3,(H,2,3);1H4. The van der Waals surface area contributed by atoms with Crippen molar-refractivity contribution in [3.05, 3.63) is 532 Å². The molecule has 20 aromatic carbocycles. The molecule has 0 saturated carbocycles. The SMILES string of the molecule is C.CC.CC.COS(=O)O.COS(=O)O.Cc1ccc(C)cc1.Cc1ccc(C)cc1.c1ccc(-c2ccc(-c3ccccc3)c(-c3ccc(-c4c(-c5ccccc5)ccc(-c5ccccc5)c4-c4ccccc4)cc3)c2-c2ccccc2)cc1.c1ccc(-c2ccc(-c3ccccc3)c(-c3ccc(-c4c(-c5ccccc5)ccc(-c5ccccc5)c4-c4ccccc4)cc3)c2-c2ccccc2)cc1. The van der Waals surface area contributed by atoms with Crippen LogP contribution in [0.25, 0.3) is 178 Å². The summed E-state index contributed by atoms with van der Waals surface area (Å²) in [7, 11) is 2.30. The van der Waals surface area contributed by atoms with Crippen LogP contribution in [0, 0.1) is 27.7 Å². The zero-order valence-corrected chi connectivity index (χ0v) is 81.5. The molecule has 2 atom stereocenters. The zero-order chi connectivity index (χ0) is 96.8. The fourth-order valence-electron chi connectivity index (χ4n) is 17.0. The molecular weight excluding hydrogens is 1730 g/mol. The van der Waals surface area contributed by atoms with E-state index in [2.05, 4.69) is 546 Å². The Morgan fingerprint density at radius 2 is 0.237 bits per heavy atom. The van der Waals surface area contributed by atoms with Crippen molar-refractivity contribution < 1.29 is 25.9 Å². The van der Waals surface area contributed by atoms with Crippen LogP contribution in [0.3, 0.4) is 0 Å². The van der Waals surface area contributed by atoms with Gasteiger partial charge in [0.25, 0.3) is 0 Å². The molecule has 0 aliphatic rings. The van der Waals surface area contributed by atoms with Crippen LogP contribution in [0.15, 0.2) is 510 Å². The molecule has 2 N–H and O–H groups in total. The summed E-state index contributed by atoms with van der Waals surface area (Å²) in [6.45, 7) is 16.4. The van der Waals surface area contributed by atoms with E-state index in [1.54, 1.807) is 0 Å². The molecule has 0 bridgehead atoms. The topological polar surface area (TPSA) is 93.1 Å². The van der Waals surface area contributed by atoms with Crippen molar-refractivity contribution in [2.75, 3.05) is 14.2 Å². The summed E-state index contributed by atoms with van der Waals surface area (Å²) in [6, 6.07) is 184. The molecule has 692 valence electrons. The van der Waals surface area contributed by atoms with Gasteiger partial charge in [-0.1, -0.05) is 567 Å². The first-order valence-corrected chi connectivity index (χ1v) is 48.8. The van der Waals surface area contributed by atoms with Crippen LogP contribution >= 0.6 is 0 Å². The van der Waals surface area contributed by atoms with E-state index in [1.165, 1.54) is 200 Å². The fraction of sp³-hybridized carbons (Fsp3) is 0.0840. The Balaban J connectivity index is 0.000000191. The van der Waals surface area contributed by atoms with Gasteiger partial charge in [0, 0.05) is 0 Å². The molecule has 6 nitrogen and oxygen atoms in total. The van der Waals surface area contributed by atoms with Gasteiger partial charge < -0.3 is 0 Å². The monoisotopic (exact) mass is 1850 g/mol. The minimum atomic E-state index is -2.07. The molecule has 0 fully saturated rings. The van der Waals surface area contributed by atoms with Crippen LogP contribution in [-0.4, -0.2) is 31.7 Å². The van der Waals surface area contributed by atoms with E-state index in [0.717, 1.165) is 14.2 Å². The summed E-state index contributed by atoms with van der Waals surface area (Å²) in [5.41, 5.74) is 43.9. The van der Waals surface area contributed by atoms with Crippen molar-refractivity contribution in [1.82, 2.24) is 0 Å². The lowest BCUT2D eigenvalue weighted by molar-refractivity contribution is 0.378. The van der Waals surface area contributed by atoms with E-state index in [9.17, 15) is 8.42 Å². The summed E-state index contributed by atoms with van der Waals surface area (Å²) < 4.78 is 41.3. The Labute approximate surface area is 829 Å². The summed E-state index contributed by atoms with van der Waals surface area (Å²) in [5, 5.41) is 0. The van der Waals surface area contributed by atoms with Gasteiger partial charge in [-0.05, 0) is 206 Å². The minimum Gasteiger partial charge on any atom is -0.284 e. The Morgan fingerprint density at radius 1 is 0.151 bits per heavy atom. The van der Waals surface area contributed by atoms with Gasteiger partial charge in [0.2, 0.25) is 0 Å². The van der Waals surface area contributed by atoms with Crippen molar-refractivity contribution in [2.24, 2.45) is 0 Å². The Morgan fingerprint density at radius 3 is 0.331 bits per heavy atom. The Kier molecular flexibility index (Phi) is 39.2. The Bertz CT molecular complexity index is 6300. The molecule has 0 aromatic heterocycles. The van der Waals surface area contributed by atoms with Crippen molar-refractivity contribution in [3.8, 4) is 178 Å². The highest BCUT2D eigenvalue weighted by Crippen LogP contribution is 2.52. The first kappa shape index (κ1) is 102. The van der Waals surface area contributed by atoms with Gasteiger partial charge >= 0.3 is 22.7 Å². The normalized spacial score (nSPS) is 10.7. The van der Waals surface area contributed by atoms with Gasteiger partial charge in [-0.2, -0.15) is 8.42 Å². The van der Waals surface area contributed by atoms with E-state index >= 15 is 0 Å². The maximum atomic E-state index is 9.26. The smallest absolute Gasteiger partial charge is 0.284 e. The molecule has 0 spiro atoms. The summed E-state index contributed by atoms with van der Waals surface area (Å²) in [5.74, 6) is 0. The number of rotatable bonds is 18. The number of aryl methyl sites for hydroxylation is 4. The number of hydrogen-bond donors (Lipinski definition) is 2. The largest absolute Gasteiger partial charge is 0.301 e. The van der Waals surface area contributed by atoms with Gasteiger partial charge in [0.05, 0.1) is 14.2 Å². The second-order valence-electron chi connectivity index (χ2n) is 32.3. The van der Waals surface area contributed by atoms with Crippen LogP contribution in [0.1, 0.15) is 57.4 Å². The molecule has 20 rings (SSSR count). The average molecular weight is 1850 g/mol. The van der Waals surface area contributed by atoms with Crippen LogP contribution < -0.4 is 0 Å². The molecule has 0 heterocycles. The average Bonchev–Trinajstić information content (AvgIpc) is 0.754. The second-order valence-corrected chi connectivity index (χ2v) is 33.8. The van der Waals surface area contributed by atoms with Crippen molar-refractivity contribution in [1.29, 1.82) is 0 Å². The van der Waals surface area contributed by atoms with E-state index < -0.39 is 22.7 Å². The second kappa shape index (κ2) is 53.2. The van der Waals surface area contributed by atoms with E-state index in [0.29, 0.717) is 0 Å². The highest BCUT2D eigenvalue weighted by Gasteiger charge is 2.26. The maximum Gasteiger partial charge on any atom is 0.301 e. The number of hydrogen-bond acceptors (Lipinski definition) is 4. The molecule has 2 unspecified atom stereocenters. The molecule has 139 heavy (non-hydrogen) atoms. The maximum absolute atomic E-state index is 9.26. The predicted molar refractivity (Wildman–Crippen MR) is 597 cm³/mol.